The van der Waals surface area contributed by atoms with Crippen molar-refractivity contribution in [2.45, 2.75) is 6.42 Å². The van der Waals surface area contributed by atoms with Crippen LogP contribution in [0, 0.1) is 0 Å². The molecule has 17 heavy (non-hydrogen) atoms. The van der Waals surface area contributed by atoms with E-state index in [1.165, 1.54) is 7.11 Å². The second kappa shape index (κ2) is 6.64. The maximum atomic E-state index is 11.7. The van der Waals surface area contributed by atoms with Crippen LogP contribution in [0.2, 0.25) is 0 Å². The van der Waals surface area contributed by atoms with Crippen molar-refractivity contribution >= 4 is 7.60 Å². The van der Waals surface area contributed by atoms with Gasteiger partial charge in [-0.1, -0.05) is 12.1 Å². The van der Waals surface area contributed by atoms with E-state index in [1.54, 1.807) is 31.4 Å². The van der Waals surface area contributed by atoms with E-state index in [9.17, 15) is 9.46 Å². The van der Waals surface area contributed by atoms with Gasteiger partial charge in [0.15, 0.2) is 11.5 Å². The third kappa shape index (κ3) is 4.77. The molecule has 1 aromatic rings. The third-order valence-corrected chi connectivity index (χ3v) is 3.46. The van der Waals surface area contributed by atoms with Crippen molar-refractivity contribution in [3.8, 4) is 11.5 Å². The third-order valence-electron chi connectivity index (χ3n) is 2.10. The average Bonchev–Trinajstić information content (AvgIpc) is 2.29. The summed E-state index contributed by atoms with van der Waals surface area (Å²) in [5, 5.41) is 0. The van der Waals surface area contributed by atoms with E-state index < -0.39 is 7.60 Å². The SMILES string of the molecule is COCCCP(=O)(O)Oc1ccccc1OC. The van der Waals surface area contributed by atoms with Gasteiger partial charge in [0.1, 0.15) is 0 Å². The molecular weight excluding hydrogens is 243 g/mol. The Morgan fingerprint density at radius 1 is 1.24 bits per heavy atom. The Hall–Kier alpha value is -1.03. The standard InChI is InChI=1S/C11H17O5P/c1-14-8-5-9-17(12,13)16-11-7-4-3-6-10(11)15-2/h3-4,6-7H,5,8-9H2,1-2H3,(H,12,13). The van der Waals surface area contributed by atoms with Crippen molar-refractivity contribution in [1.29, 1.82) is 0 Å². The van der Waals surface area contributed by atoms with Gasteiger partial charge in [0, 0.05) is 13.7 Å². The summed E-state index contributed by atoms with van der Waals surface area (Å²) in [5.41, 5.74) is 0. The van der Waals surface area contributed by atoms with E-state index in [1.807, 2.05) is 0 Å². The molecule has 1 atom stereocenters. The van der Waals surface area contributed by atoms with Gasteiger partial charge in [0.25, 0.3) is 0 Å². The van der Waals surface area contributed by atoms with Crippen molar-refractivity contribution in [3.05, 3.63) is 24.3 Å². The minimum atomic E-state index is -3.64. The Kier molecular flexibility index (Phi) is 5.48. The van der Waals surface area contributed by atoms with Crippen molar-refractivity contribution in [2.75, 3.05) is 27.0 Å². The van der Waals surface area contributed by atoms with Gasteiger partial charge >= 0.3 is 7.60 Å². The molecule has 0 aromatic heterocycles. The summed E-state index contributed by atoms with van der Waals surface area (Å²) in [6.45, 7) is 0.430. The molecular formula is C11H17O5P. The molecule has 1 rings (SSSR count). The van der Waals surface area contributed by atoms with Crippen LogP contribution in [0.15, 0.2) is 24.3 Å². The minimum absolute atomic E-state index is 0.0545. The van der Waals surface area contributed by atoms with Crippen molar-refractivity contribution in [1.82, 2.24) is 0 Å². The van der Waals surface area contributed by atoms with Gasteiger partial charge in [-0.15, -0.1) is 0 Å². The lowest BCUT2D eigenvalue weighted by Gasteiger charge is -2.15. The molecule has 0 saturated heterocycles. The van der Waals surface area contributed by atoms with Crippen LogP contribution in [0.4, 0.5) is 0 Å². The number of para-hydroxylation sites is 2. The summed E-state index contributed by atoms with van der Waals surface area (Å²) in [4.78, 5) is 9.64. The average molecular weight is 260 g/mol. The zero-order chi connectivity index (χ0) is 12.7. The summed E-state index contributed by atoms with van der Waals surface area (Å²) in [5.74, 6) is 0.715. The van der Waals surface area contributed by atoms with Crippen LogP contribution >= 0.6 is 7.60 Å². The fourth-order valence-corrected chi connectivity index (χ4v) is 2.38. The van der Waals surface area contributed by atoms with Crippen molar-refractivity contribution < 1.29 is 23.5 Å². The molecule has 0 saturated carbocycles. The van der Waals surface area contributed by atoms with Crippen molar-refractivity contribution in [2.24, 2.45) is 0 Å². The van der Waals surface area contributed by atoms with Gasteiger partial charge in [0.05, 0.1) is 13.3 Å². The highest BCUT2D eigenvalue weighted by Crippen LogP contribution is 2.45. The fourth-order valence-electron chi connectivity index (χ4n) is 1.30. The van der Waals surface area contributed by atoms with Crippen LogP contribution in [0.25, 0.3) is 0 Å². The fraction of sp³-hybridized carbons (Fsp3) is 0.455. The Morgan fingerprint density at radius 2 is 1.88 bits per heavy atom. The van der Waals surface area contributed by atoms with Crippen LogP contribution in [-0.2, 0) is 9.30 Å². The number of hydrogen-bond donors (Lipinski definition) is 1. The number of ether oxygens (including phenoxy) is 2. The van der Waals surface area contributed by atoms with E-state index in [4.69, 9.17) is 14.0 Å². The molecule has 6 heteroatoms. The molecule has 0 aliphatic rings. The van der Waals surface area contributed by atoms with E-state index in [0.717, 1.165) is 0 Å². The van der Waals surface area contributed by atoms with Crippen LogP contribution in [0.1, 0.15) is 6.42 Å². The predicted molar refractivity (Wildman–Crippen MR) is 64.8 cm³/mol. The monoisotopic (exact) mass is 260 g/mol. The molecule has 0 aliphatic heterocycles. The minimum Gasteiger partial charge on any atom is -0.493 e. The maximum absolute atomic E-state index is 11.7. The van der Waals surface area contributed by atoms with Crippen LogP contribution in [0.3, 0.4) is 0 Å². The number of methoxy groups -OCH3 is 2. The molecule has 96 valence electrons. The highest BCUT2D eigenvalue weighted by molar-refractivity contribution is 7.53. The largest absolute Gasteiger partial charge is 0.493 e. The van der Waals surface area contributed by atoms with Crippen LogP contribution < -0.4 is 9.26 Å². The number of benzene rings is 1. The molecule has 5 nitrogen and oxygen atoms in total. The summed E-state index contributed by atoms with van der Waals surface area (Å²) >= 11 is 0. The first-order chi connectivity index (χ1) is 8.09. The Balaban J connectivity index is 2.65. The smallest absolute Gasteiger partial charge is 0.376 e. The first-order valence-corrected chi connectivity index (χ1v) is 6.98. The summed E-state index contributed by atoms with van der Waals surface area (Å²) < 4.78 is 26.7. The zero-order valence-electron chi connectivity index (χ0n) is 9.96. The second-order valence-corrected chi connectivity index (χ2v) is 5.35. The molecule has 1 N–H and O–H groups in total. The maximum Gasteiger partial charge on any atom is 0.376 e. The first-order valence-electron chi connectivity index (χ1n) is 5.22. The van der Waals surface area contributed by atoms with E-state index in [2.05, 4.69) is 0 Å². The Morgan fingerprint density at radius 3 is 2.47 bits per heavy atom. The van der Waals surface area contributed by atoms with E-state index in [0.29, 0.717) is 18.8 Å². The summed E-state index contributed by atoms with van der Waals surface area (Å²) in [6, 6.07) is 6.74. The topological polar surface area (TPSA) is 65.0 Å². The molecule has 0 radical (unpaired) electrons. The van der Waals surface area contributed by atoms with E-state index in [-0.39, 0.29) is 11.9 Å². The van der Waals surface area contributed by atoms with Gasteiger partial charge in [-0.05, 0) is 18.6 Å². The number of rotatable bonds is 7. The van der Waals surface area contributed by atoms with Gasteiger partial charge in [-0.2, -0.15) is 0 Å². The lowest BCUT2D eigenvalue weighted by molar-refractivity contribution is 0.198. The quantitative estimate of drug-likeness (QED) is 0.602. The molecule has 1 aromatic carbocycles. The van der Waals surface area contributed by atoms with Crippen molar-refractivity contribution in [3.63, 3.8) is 0 Å². The first kappa shape index (κ1) is 14.0. The summed E-state index contributed by atoms with van der Waals surface area (Å²) in [7, 11) is -0.618. The Bertz CT molecular complexity index is 393. The molecule has 0 fully saturated rings. The number of hydrogen-bond acceptors (Lipinski definition) is 4. The van der Waals surface area contributed by atoms with Crippen LogP contribution in [-0.4, -0.2) is 31.9 Å². The highest BCUT2D eigenvalue weighted by Gasteiger charge is 2.21. The second-order valence-electron chi connectivity index (χ2n) is 3.45. The predicted octanol–water partition coefficient (Wildman–Crippen LogP) is 2.30. The Labute approximate surface area is 101 Å². The molecule has 0 amide bonds. The molecule has 0 bridgehead atoms. The highest BCUT2D eigenvalue weighted by atomic mass is 31.2. The lowest BCUT2D eigenvalue weighted by Crippen LogP contribution is -2.01. The normalized spacial score (nSPS) is 14.1. The molecule has 0 spiro atoms. The van der Waals surface area contributed by atoms with Crippen LogP contribution in [0.5, 0.6) is 11.5 Å². The molecule has 1 unspecified atom stereocenters. The molecule has 0 heterocycles. The van der Waals surface area contributed by atoms with Gasteiger partial charge in [0.2, 0.25) is 0 Å². The zero-order valence-corrected chi connectivity index (χ0v) is 10.9. The summed E-state index contributed by atoms with van der Waals surface area (Å²) in [6.07, 6.45) is 0.526. The lowest BCUT2D eigenvalue weighted by atomic mass is 10.3. The van der Waals surface area contributed by atoms with Gasteiger partial charge in [-0.25, -0.2) is 4.57 Å². The van der Waals surface area contributed by atoms with Gasteiger partial charge < -0.3 is 18.9 Å². The molecule has 0 aliphatic carbocycles. The van der Waals surface area contributed by atoms with E-state index >= 15 is 0 Å². The van der Waals surface area contributed by atoms with Gasteiger partial charge in [-0.3, -0.25) is 0 Å².